The largest absolute Gasteiger partial charge is 0.465 e. The summed E-state index contributed by atoms with van der Waals surface area (Å²) in [5.74, 6) is -0.416. The van der Waals surface area contributed by atoms with Crippen molar-refractivity contribution in [2.45, 2.75) is 0 Å². The lowest BCUT2D eigenvalue weighted by atomic mass is 9.94. The van der Waals surface area contributed by atoms with E-state index in [1.54, 1.807) is 18.3 Å². The van der Waals surface area contributed by atoms with Crippen LogP contribution < -0.4 is 15.8 Å². The number of hydrogen-bond acceptors (Lipinski definition) is 5. The van der Waals surface area contributed by atoms with Crippen molar-refractivity contribution in [1.29, 1.82) is 0 Å². The molecule has 1 aliphatic heterocycles. The number of fused-ring (bicyclic) bond motifs is 3. The molecule has 156 valence electrons. The molecule has 1 aliphatic rings. The van der Waals surface area contributed by atoms with E-state index >= 15 is 0 Å². The molecule has 0 unspecified atom stereocenters. The van der Waals surface area contributed by atoms with Gasteiger partial charge >= 0.3 is 5.97 Å². The van der Waals surface area contributed by atoms with Crippen molar-refractivity contribution in [3.05, 3.63) is 76.7 Å². The van der Waals surface area contributed by atoms with E-state index in [1.165, 1.54) is 12.8 Å². The van der Waals surface area contributed by atoms with Gasteiger partial charge in [0.25, 0.3) is 5.56 Å². The van der Waals surface area contributed by atoms with Gasteiger partial charge in [0.05, 0.1) is 18.1 Å². The molecule has 0 aliphatic carbocycles. The smallest absolute Gasteiger partial charge is 0.338 e. The molecule has 0 spiro atoms. The summed E-state index contributed by atoms with van der Waals surface area (Å²) < 4.78 is 4.98. The van der Waals surface area contributed by atoms with Gasteiger partial charge in [-0.3, -0.25) is 4.79 Å². The number of methoxy groups -OCH3 is 1. The van der Waals surface area contributed by atoms with Gasteiger partial charge in [0.2, 0.25) is 0 Å². The van der Waals surface area contributed by atoms with Crippen LogP contribution in [0, 0.1) is 0 Å². The Kier molecular flexibility index (Phi) is 4.92. The van der Waals surface area contributed by atoms with Crippen molar-refractivity contribution >= 4 is 33.2 Å². The number of rotatable bonds is 3. The average Bonchev–Trinajstić information content (AvgIpc) is 2.83. The number of anilines is 1. The number of ether oxygens (including phenoxy) is 1. The predicted octanol–water partition coefficient (Wildman–Crippen LogP) is 3.54. The fraction of sp³-hybridized carbons (Fsp3) is 0.200. The quantitative estimate of drug-likeness (QED) is 0.397. The molecule has 0 saturated carbocycles. The average molecular weight is 413 g/mol. The number of nitrogens with zero attached hydrogens (tertiary/aromatic N) is 1. The van der Waals surface area contributed by atoms with E-state index < -0.39 is 5.97 Å². The minimum Gasteiger partial charge on any atom is -0.465 e. The molecule has 4 aromatic rings. The zero-order chi connectivity index (χ0) is 21.4. The second-order valence-corrected chi connectivity index (χ2v) is 7.73. The molecule has 5 rings (SSSR count). The van der Waals surface area contributed by atoms with E-state index in [0.717, 1.165) is 42.7 Å². The number of benzene rings is 3. The standard InChI is InChI=1S/C25H23N3O3/c1-31-25(30)22-15-18-8-9-27-24(29)23(18)21-14-17(4-7-20(21)22)16-2-5-19(6-3-16)28-12-10-26-11-13-28/h2-9,14-15,26H,10-13H2,1H3,(H,27,29). The molecule has 1 saturated heterocycles. The van der Waals surface area contributed by atoms with E-state index in [1.807, 2.05) is 18.2 Å². The number of pyridine rings is 1. The van der Waals surface area contributed by atoms with Crippen LogP contribution in [-0.2, 0) is 4.74 Å². The number of carbonyl (C=O) groups excluding carboxylic acids is 1. The van der Waals surface area contributed by atoms with Gasteiger partial charge in [-0.15, -0.1) is 0 Å². The second kappa shape index (κ2) is 7.89. The number of aromatic nitrogens is 1. The lowest BCUT2D eigenvalue weighted by molar-refractivity contribution is 0.0603. The highest BCUT2D eigenvalue weighted by Crippen LogP contribution is 2.32. The summed E-state index contributed by atoms with van der Waals surface area (Å²) in [6.07, 6.45) is 1.59. The highest BCUT2D eigenvalue weighted by atomic mass is 16.5. The number of hydrogen-bond donors (Lipinski definition) is 2. The van der Waals surface area contributed by atoms with Crippen LogP contribution in [0.3, 0.4) is 0 Å². The molecule has 6 heteroatoms. The Morgan fingerprint density at radius 3 is 2.42 bits per heavy atom. The minimum atomic E-state index is -0.416. The number of carbonyl (C=O) groups is 1. The molecule has 31 heavy (non-hydrogen) atoms. The van der Waals surface area contributed by atoms with Gasteiger partial charge in [-0.2, -0.15) is 0 Å². The maximum atomic E-state index is 12.6. The van der Waals surface area contributed by atoms with E-state index in [9.17, 15) is 9.59 Å². The SMILES string of the molecule is COC(=O)c1cc2cc[nH]c(=O)c2c2cc(-c3ccc(N4CCNCC4)cc3)ccc12. The molecular formula is C25H23N3O3. The van der Waals surface area contributed by atoms with Gasteiger partial charge < -0.3 is 19.9 Å². The molecule has 6 nitrogen and oxygen atoms in total. The van der Waals surface area contributed by atoms with Crippen molar-refractivity contribution in [3.8, 4) is 11.1 Å². The second-order valence-electron chi connectivity index (χ2n) is 7.73. The molecule has 1 aromatic heterocycles. The third-order valence-electron chi connectivity index (χ3n) is 5.96. The summed E-state index contributed by atoms with van der Waals surface area (Å²) in [6, 6.07) is 17.9. The zero-order valence-corrected chi connectivity index (χ0v) is 17.3. The molecule has 2 heterocycles. The third-order valence-corrected chi connectivity index (χ3v) is 5.96. The molecule has 0 bridgehead atoms. The van der Waals surface area contributed by atoms with Crippen LogP contribution in [0.15, 0.2) is 65.6 Å². The number of aromatic amines is 1. The summed E-state index contributed by atoms with van der Waals surface area (Å²) in [5.41, 5.74) is 3.54. The zero-order valence-electron chi connectivity index (χ0n) is 17.3. The summed E-state index contributed by atoms with van der Waals surface area (Å²) in [7, 11) is 1.37. The van der Waals surface area contributed by atoms with Crippen LogP contribution in [0.25, 0.3) is 32.7 Å². The molecule has 0 radical (unpaired) electrons. The monoisotopic (exact) mass is 413 g/mol. The normalized spacial score (nSPS) is 14.2. The van der Waals surface area contributed by atoms with Gasteiger partial charge in [0.1, 0.15) is 0 Å². The maximum absolute atomic E-state index is 12.6. The Morgan fingerprint density at radius 2 is 1.68 bits per heavy atom. The van der Waals surface area contributed by atoms with Crippen molar-refractivity contribution in [2.75, 3.05) is 38.2 Å². The summed E-state index contributed by atoms with van der Waals surface area (Å²) in [4.78, 5) is 30.1. The fourth-order valence-electron chi connectivity index (χ4n) is 4.36. The molecule has 3 aromatic carbocycles. The summed E-state index contributed by atoms with van der Waals surface area (Å²) >= 11 is 0. The number of H-pyrrole nitrogens is 1. The first-order valence-corrected chi connectivity index (χ1v) is 10.4. The van der Waals surface area contributed by atoms with Crippen LogP contribution in [0.5, 0.6) is 0 Å². The Labute approximate surface area is 179 Å². The molecular weight excluding hydrogens is 390 g/mol. The number of piperazine rings is 1. The van der Waals surface area contributed by atoms with E-state index in [0.29, 0.717) is 21.7 Å². The molecule has 2 N–H and O–H groups in total. The topological polar surface area (TPSA) is 74.4 Å². The first-order chi connectivity index (χ1) is 15.2. The fourth-order valence-corrected chi connectivity index (χ4v) is 4.36. The van der Waals surface area contributed by atoms with E-state index in [4.69, 9.17) is 4.74 Å². The first kappa shape index (κ1) is 19.3. The van der Waals surface area contributed by atoms with E-state index in [2.05, 4.69) is 39.5 Å². The van der Waals surface area contributed by atoms with Gasteiger partial charge in [-0.05, 0) is 57.6 Å². The molecule has 0 amide bonds. The van der Waals surface area contributed by atoms with Gasteiger partial charge in [-0.25, -0.2) is 4.79 Å². The van der Waals surface area contributed by atoms with Crippen LogP contribution in [0.4, 0.5) is 5.69 Å². The third kappa shape index (κ3) is 3.45. The van der Waals surface area contributed by atoms with Gasteiger partial charge in [-0.1, -0.05) is 24.3 Å². The highest BCUT2D eigenvalue weighted by Gasteiger charge is 2.16. The Morgan fingerprint density at radius 1 is 0.935 bits per heavy atom. The van der Waals surface area contributed by atoms with Crippen molar-refractivity contribution < 1.29 is 9.53 Å². The van der Waals surface area contributed by atoms with Crippen LogP contribution >= 0.6 is 0 Å². The maximum Gasteiger partial charge on any atom is 0.338 e. The van der Waals surface area contributed by atoms with Crippen molar-refractivity contribution in [1.82, 2.24) is 10.3 Å². The van der Waals surface area contributed by atoms with Crippen molar-refractivity contribution in [3.63, 3.8) is 0 Å². The lowest BCUT2D eigenvalue weighted by Crippen LogP contribution is -2.43. The highest BCUT2D eigenvalue weighted by molar-refractivity contribution is 6.16. The number of nitrogens with one attached hydrogen (secondary N) is 2. The predicted molar refractivity (Wildman–Crippen MR) is 124 cm³/mol. The number of esters is 1. The Hall–Kier alpha value is -3.64. The van der Waals surface area contributed by atoms with Gasteiger partial charge in [0, 0.05) is 38.1 Å². The molecule has 1 fully saturated rings. The van der Waals surface area contributed by atoms with Crippen molar-refractivity contribution in [2.24, 2.45) is 0 Å². The molecule has 0 atom stereocenters. The van der Waals surface area contributed by atoms with E-state index in [-0.39, 0.29) is 5.56 Å². The first-order valence-electron chi connectivity index (χ1n) is 10.4. The van der Waals surface area contributed by atoms with Gasteiger partial charge in [0.15, 0.2) is 0 Å². The van der Waals surface area contributed by atoms with Crippen LogP contribution in [-0.4, -0.2) is 44.2 Å². The minimum absolute atomic E-state index is 0.176. The summed E-state index contributed by atoms with van der Waals surface area (Å²) in [5, 5.41) is 6.10. The van der Waals surface area contributed by atoms with Crippen LogP contribution in [0.2, 0.25) is 0 Å². The summed E-state index contributed by atoms with van der Waals surface area (Å²) in [6.45, 7) is 3.99. The Bertz CT molecular complexity index is 1340. The van der Waals surface area contributed by atoms with Crippen LogP contribution in [0.1, 0.15) is 10.4 Å². The lowest BCUT2D eigenvalue weighted by Gasteiger charge is -2.29. The Balaban J connectivity index is 1.64.